The third kappa shape index (κ3) is 3.74. The minimum Gasteiger partial charge on any atom is -0.366 e. The van der Waals surface area contributed by atoms with E-state index in [0.717, 1.165) is 17.7 Å². The van der Waals surface area contributed by atoms with E-state index in [1.807, 2.05) is 24.3 Å². The molecule has 1 saturated heterocycles. The quantitative estimate of drug-likeness (QED) is 0.866. The predicted molar refractivity (Wildman–Crippen MR) is 99.9 cm³/mol. The molecule has 6 heteroatoms. The lowest BCUT2D eigenvalue weighted by Gasteiger charge is -2.17. The van der Waals surface area contributed by atoms with Crippen LogP contribution < -0.4 is 16.0 Å². The molecule has 1 unspecified atom stereocenters. The number of aryl methyl sites for hydroxylation is 1. The first kappa shape index (κ1) is 17.7. The molecule has 0 saturated carbocycles. The van der Waals surface area contributed by atoms with Crippen LogP contribution in [0.1, 0.15) is 29.3 Å². The Bertz CT molecular complexity index is 846. The monoisotopic (exact) mass is 351 g/mol. The molecule has 0 aliphatic carbocycles. The van der Waals surface area contributed by atoms with Gasteiger partial charge in [-0.25, -0.2) is 0 Å². The molecule has 1 heterocycles. The molecule has 3 N–H and O–H groups in total. The summed E-state index contributed by atoms with van der Waals surface area (Å²) in [5.74, 6) is -1.19. The van der Waals surface area contributed by atoms with Gasteiger partial charge in [0.2, 0.25) is 17.7 Å². The Hall–Kier alpha value is -3.15. The molecule has 1 atom stereocenters. The number of rotatable bonds is 5. The maximum atomic E-state index is 12.5. The summed E-state index contributed by atoms with van der Waals surface area (Å²) < 4.78 is 0. The molecule has 3 amide bonds. The number of hydrogen-bond donors (Lipinski definition) is 2. The predicted octanol–water partition coefficient (Wildman–Crippen LogP) is 2.34. The Kier molecular flexibility index (Phi) is 5.02. The first-order valence-corrected chi connectivity index (χ1v) is 8.58. The second-order valence-electron chi connectivity index (χ2n) is 6.36. The topological polar surface area (TPSA) is 92.5 Å². The minimum atomic E-state index is -0.519. The summed E-state index contributed by atoms with van der Waals surface area (Å²) in [5, 5.41) is 2.80. The lowest BCUT2D eigenvalue weighted by molar-refractivity contribution is -0.122. The standard InChI is InChI=1S/C20H21N3O3/c1-2-13-4-3-5-17(10-13)23-12-15(11-18(23)24)20(26)22-16-8-6-14(7-9-16)19(21)25/h3-10,15H,2,11-12H2,1H3,(H2,21,25)(H,22,26). The summed E-state index contributed by atoms with van der Waals surface area (Å²) in [5.41, 5.74) is 8.13. The zero-order chi connectivity index (χ0) is 18.7. The molecule has 0 bridgehead atoms. The van der Waals surface area contributed by atoms with Gasteiger partial charge in [-0.15, -0.1) is 0 Å². The molecule has 1 fully saturated rings. The zero-order valence-electron chi connectivity index (χ0n) is 14.6. The molecule has 1 aliphatic heterocycles. The van der Waals surface area contributed by atoms with Gasteiger partial charge in [-0.05, 0) is 48.4 Å². The maximum absolute atomic E-state index is 12.5. The van der Waals surface area contributed by atoms with Crippen LogP contribution in [0.4, 0.5) is 11.4 Å². The third-order valence-electron chi connectivity index (χ3n) is 4.56. The van der Waals surface area contributed by atoms with E-state index in [9.17, 15) is 14.4 Å². The van der Waals surface area contributed by atoms with Gasteiger partial charge < -0.3 is 16.0 Å². The number of benzene rings is 2. The van der Waals surface area contributed by atoms with Crippen molar-refractivity contribution in [1.29, 1.82) is 0 Å². The van der Waals surface area contributed by atoms with Crippen LogP contribution in [-0.4, -0.2) is 24.3 Å². The smallest absolute Gasteiger partial charge is 0.248 e. The number of primary amides is 1. The third-order valence-corrected chi connectivity index (χ3v) is 4.56. The largest absolute Gasteiger partial charge is 0.366 e. The van der Waals surface area contributed by atoms with E-state index < -0.39 is 11.8 Å². The molecular weight excluding hydrogens is 330 g/mol. The second kappa shape index (κ2) is 7.39. The summed E-state index contributed by atoms with van der Waals surface area (Å²) in [4.78, 5) is 37.6. The molecule has 6 nitrogen and oxygen atoms in total. The molecule has 3 rings (SSSR count). The molecular formula is C20H21N3O3. The average Bonchev–Trinajstić information content (AvgIpc) is 3.04. The summed E-state index contributed by atoms with van der Waals surface area (Å²) in [6, 6.07) is 14.2. The number of nitrogens with zero attached hydrogens (tertiary/aromatic N) is 1. The van der Waals surface area contributed by atoms with Gasteiger partial charge in [-0.2, -0.15) is 0 Å². The van der Waals surface area contributed by atoms with Crippen LogP contribution in [0.2, 0.25) is 0 Å². The van der Waals surface area contributed by atoms with Crippen molar-refractivity contribution in [2.45, 2.75) is 19.8 Å². The van der Waals surface area contributed by atoms with Crippen molar-refractivity contribution in [2.75, 3.05) is 16.8 Å². The fourth-order valence-corrected chi connectivity index (χ4v) is 3.04. The van der Waals surface area contributed by atoms with E-state index in [2.05, 4.69) is 12.2 Å². The van der Waals surface area contributed by atoms with E-state index in [0.29, 0.717) is 17.8 Å². The van der Waals surface area contributed by atoms with Crippen molar-refractivity contribution in [1.82, 2.24) is 0 Å². The number of nitrogens with two attached hydrogens (primary N) is 1. The van der Waals surface area contributed by atoms with Crippen LogP contribution in [0.5, 0.6) is 0 Å². The van der Waals surface area contributed by atoms with Crippen molar-refractivity contribution in [3.63, 3.8) is 0 Å². The van der Waals surface area contributed by atoms with Gasteiger partial charge in [0, 0.05) is 29.9 Å². The van der Waals surface area contributed by atoms with Crippen molar-refractivity contribution >= 4 is 29.1 Å². The van der Waals surface area contributed by atoms with E-state index >= 15 is 0 Å². The summed E-state index contributed by atoms with van der Waals surface area (Å²) >= 11 is 0. The number of nitrogens with one attached hydrogen (secondary N) is 1. The average molecular weight is 351 g/mol. The lowest BCUT2D eigenvalue weighted by atomic mass is 10.1. The van der Waals surface area contributed by atoms with E-state index in [4.69, 9.17) is 5.73 Å². The Morgan fingerprint density at radius 3 is 2.58 bits per heavy atom. The van der Waals surface area contributed by atoms with E-state index in [1.54, 1.807) is 29.2 Å². The first-order valence-electron chi connectivity index (χ1n) is 8.58. The fraction of sp³-hybridized carbons (Fsp3) is 0.250. The highest BCUT2D eigenvalue weighted by Gasteiger charge is 2.35. The van der Waals surface area contributed by atoms with Gasteiger partial charge in [0.15, 0.2) is 0 Å². The van der Waals surface area contributed by atoms with Crippen molar-refractivity contribution in [3.05, 3.63) is 59.7 Å². The molecule has 0 spiro atoms. The van der Waals surface area contributed by atoms with Crippen LogP contribution >= 0.6 is 0 Å². The summed E-state index contributed by atoms with van der Waals surface area (Å²) in [6.45, 7) is 2.42. The molecule has 0 aromatic heterocycles. The Labute approximate surface area is 152 Å². The van der Waals surface area contributed by atoms with E-state index in [-0.39, 0.29) is 18.2 Å². The highest BCUT2D eigenvalue weighted by atomic mass is 16.2. The van der Waals surface area contributed by atoms with Crippen LogP contribution in [-0.2, 0) is 16.0 Å². The van der Waals surface area contributed by atoms with Gasteiger partial charge in [-0.3, -0.25) is 14.4 Å². The lowest BCUT2D eigenvalue weighted by Crippen LogP contribution is -2.28. The number of anilines is 2. The summed E-state index contributed by atoms with van der Waals surface area (Å²) in [6.07, 6.45) is 1.07. The van der Waals surface area contributed by atoms with Crippen LogP contribution in [0, 0.1) is 5.92 Å². The van der Waals surface area contributed by atoms with Gasteiger partial charge >= 0.3 is 0 Å². The fourth-order valence-electron chi connectivity index (χ4n) is 3.04. The first-order chi connectivity index (χ1) is 12.5. The van der Waals surface area contributed by atoms with E-state index in [1.165, 1.54) is 0 Å². The Morgan fingerprint density at radius 2 is 1.92 bits per heavy atom. The molecule has 2 aromatic carbocycles. The van der Waals surface area contributed by atoms with Crippen LogP contribution in [0.3, 0.4) is 0 Å². The minimum absolute atomic E-state index is 0.0533. The Balaban J connectivity index is 1.67. The maximum Gasteiger partial charge on any atom is 0.248 e. The normalized spacial score (nSPS) is 16.6. The van der Waals surface area contributed by atoms with Crippen molar-refractivity contribution in [2.24, 2.45) is 11.7 Å². The highest BCUT2D eigenvalue weighted by molar-refractivity contribution is 6.03. The SMILES string of the molecule is CCc1cccc(N2CC(C(=O)Nc3ccc(C(N)=O)cc3)CC2=O)c1. The van der Waals surface area contributed by atoms with Crippen molar-refractivity contribution in [3.8, 4) is 0 Å². The number of amides is 3. The highest BCUT2D eigenvalue weighted by Crippen LogP contribution is 2.27. The van der Waals surface area contributed by atoms with Crippen molar-refractivity contribution < 1.29 is 14.4 Å². The van der Waals surface area contributed by atoms with Gasteiger partial charge in [0.1, 0.15) is 0 Å². The van der Waals surface area contributed by atoms with Gasteiger partial charge in [-0.1, -0.05) is 19.1 Å². The number of carbonyl (C=O) groups is 3. The molecule has 134 valence electrons. The summed E-state index contributed by atoms with van der Waals surface area (Å²) in [7, 11) is 0. The van der Waals surface area contributed by atoms with Gasteiger partial charge in [0.25, 0.3) is 0 Å². The van der Waals surface area contributed by atoms with Crippen LogP contribution in [0.25, 0.3) is 0 Å². The molecule has 26 heavy (non-hydrogen) atoms. The molecule has 0 radical (unpaired) electrons. The molecule has 1 aliphatic rings. The molecule has 2 aromatic rings. The number of carbonyl (C=O) groups excluding carboxylic acids is 3. The van der Waals surface area contributed by atoms with Crippen LogP contribution in [0.15, 0.2) is 48.5 Å². The second-order valence-corrected chi connectivity index (χ2v) is 6.36. The van der Waals surface area contributed by atoms with Gasteiger partial charge in [0.05, 0.1) is 5.92 Å². The zero-order valence-corrected chi connectivity index (χ0v) is 14.6. The number of hydrogen-bond acceptors (Lipinski definition) is 3. The Morgan fingerprint density at radius 1 is 1.19 bits per heavy atom.